The Balaban J connectivity index is 2.10. The van der Waals surface area contributed by atoms with Gasteiger partial charge in [-0.25, -0.2) is 0 Å². The van der Waals surface area contributed by atoms with Gasteiger partial charge in [-0.05, 0) is 48.3 Å². The molecule has 0 aromatic heterocycles. The van der Waals surface area contributed by atoms with Gasteiger partial charge in [-0.3, -0.25) is 0 Å². The number of hydrogen-bond donors (Lipinski definition) is 1. The second kappa shape index (κ2) is 5.54. The zero-order valence-corrected chi connectivity index (χ0v) is 12.6. The van der Waals surface area contributed by atoms with Gasteiger partial charge in [0, 0.05) is 6.04 Å². The van der Waals surface area contributed by atoms with Crippen molar-refractivity contribution in [3.63, 3.8) is 0 Å². The largest absolute Gasteiger partial charge is 0.489 e. The van der Waals surface area contributed by atoms with E-state index in [1.165, 1.54) is 18.4 Å². The van der Waals surface area contributed by atoms with Crippen LogP contribution < -0.4 is 10.5 Å². The average Bonchev–Trinajstić information content (AvgIpc) is 2.35. The van der Waals surface area contributed by atoms with Gasteiger partial charge < -0.3 is 10.5 Å². The van der Waals surface area contributed by atoms with Crippen LogP contribution in [0.5, 0.6) is 5.75 Å². The molecule has 2 unspecified atom stereocenters. The van der Waals surface area contributed by atoms with Crippen LogP contribution in [0.15, 0.2) is 24.3 Å². The van der Waals surface area contributed by atoms with Crippen LogP contribution in [0.4, 0.5) is 0 Å². The highest BCUT2D eigenvalue weighted by molar-refractivity contribution is 5.30. The van der Waals surface area contributed by atoms with Crippen LogP contribution in [-0.4, -0.2) is 12.1 Å². The number of nitrogens with two attached hydrogens (primary N) is 1. The van der Waals surface area contributed by atoms with Gasteiger partial charge in [0.25, 0.3) is 0 Å². The standard InChI is InChI=1S/C17H27NO/c1-12(2)13-7-5-8-14(11-13)19-15-9-6-10-17(3,4)16(15)18/h5,7-8,11-12,15-16H,6,9-10,18H2,1-4H3. The molecule has 2 N–H and O–H groups in total. The Hall–Kier alpha value is -1.02. The van der Waals surface area contributed by atoms with E-state index in [0.29, 0.717) is 5.92 Å². The molecule has 1 aromatic rings. The van der Waals surface area contributed by atoms with E-state index in [9.17, 15) is 0 Å². The molecule has 2 nitrogen and oxygen atoms in total. The van der Waals surface area contributed by atoms with Crippen molar-refractivity contribution < 1.29 is 4.74 Å². The summed E-state index contributed by atoms with van der Waals surface area (Å²) in [7, 11) is 0. The third-order valence-corrected chi connectivity index (χ3v) is 4.42. The highest BCUT2D eigenvalue weighted by Gasteiger charge is 2.37. The minimum atomic E-state index is 0.115. The zero-order chi connectivity index (χ0) is 14.0. The smallest absolute Gasteiger partial charge is 0.120 e. The molecule has 1 aliphatic carbocycles. The van der Waals surface area contributed by atoms with Crippen LogP contribution in [0.1, 0.15) is 58.4 Å². The Bertz CT molecular complexity index is 425. The fourth-order valence-electron chi connectivity index (χ4n) is 2.86. The Morgan fingerprint density at radius 2 is 2.05 bits per heavy atom. The predicted octanol–water partition coefficient (Wildman–Crippen LogP) is 4.09. The summed E-state index contributed by atoms with van der Waals surface area (Å²) in [6, 6.07) is 8.54. The minimum Gasteiger partial charge on any atom is -0.489 e. The van der Waals surface area contributed by atoms with E-state index < -0.39 is 0 Å². The molecule has 0 aliphatic heterocycles. The summed E-state index contributed by atoms with van der Waals surface area (Å²) in [5.41, 5.74) is 7.88. The number of rotatable bonds is 3. The molecule has 1 aliphatic rings. The summed E-state index contributed by atoms with van der Waals surface area (Å²) < 4.78 is 6.17. The summed E-state index contributed by atoms with van der Waals surface area (Å²) in [5.74, 6) is 1.49. The van der Waals surface area contributed by atoms with Crippen LogP contribution >= 0.6 is 0 Å². The van der Waals surface area contributed by atoms with Gasteiger partial charge in [0.15, 0.2) is 0 Å². The molecule has 1 saturated carbocycles. The van der Waals surface area contributed by atoms with Crippen molar-refractivity contribution in [1.29, 1.82) is 0 Å². The Morgan fingerprint density at radius 1 is 1.32 bits per heavy atom. The summed E-state index contributed by atoms with van der Waals surface area (Å²) in [4.78, 5) is 0. The van der Waals surface area contributed by atoms with Gasteiger partial charge in [0.05, 0.1) is 0 Å². The maximum absolute atomic E-state index is 6.38. The quantitative estimate of drug-likeness (QED) is 0.889. The van der Waals surface area contributed by atoms with E-state index in [-0.39, 0.29) is 17.6 Å². The lowest BCUT2D eigenvalue weighted by Gasteiger charge is -2.41. The lowest BCUT2D eigenvalue weighted by atomic mass is 9.72. The van der Waals surface area contributed by atoms with E-state index in [2.05, 4.69) is 45.9 Å². The van der Waals surface area contributed by atoms with Crippen LogP contribution in [-0.2, 0) is 0 Å². The molecular weight excluding hydrogens is 234 g/mol. The molecule has 2 rings (SSSR count). The van der Waals surface area contributed by atoms with Crippen molar-refractivity contribution in [2.45, 2.75) is 65.0 Å². The van der Waals surface area contributed by atoms with E-state index in [1.54, 1.807) is 0 Å². The number of ether oxygens (including phenoxy) is 1. The van der Waals surface area contributed by atoms with Gasteiger partial charge in [-0.15, -0.1) is 0 Å². The van der Waals surface area contributed by atoms with Crippen molar-refractivity contribution in [3.8, 4) is 5.75 Å². The maximum Gasteiger partial charge on any atom is 0.120 e. The number of benzene rings is 1. The molecular formula is C17H27NO. The van der Waals surface area contributed by atoms with Crippen molar-refractivity contribution in [2.75, 3.05) is 0 Å². The molecule has 106 valence electrons. The van der Waals surface area contributed by atoms with Crippen molar-refractivity contribution in [2.24, 2.45) is 11.1 Å². The topological polar surface area (TPSA) is 35.2 Å². The van der Waals surface area contributed by atoms with Crippen molar-refractivity contribution in [1.82, 2.24) is 0 Å². The fourth-order valence-corrected chi connectivity index (χ4v) is 2.86. The molecule has 1 fully saturated rings. The third-order valence-electron chi connectivity index (χ3n) is 4.42. The molecule has 0 spiro atoms. The SMILES string of the molecule is CC(C)c1cccc(OC2CCCC(C)(C)C2N)c1. The highest BCUT2D eigenvalue weighted by Crippen LogP contribution is 2.36. The predicted molar refractivity (Wildman–Crippen MR) is 80.6 cm³/mol. The van der Waals surface area contributed by atoms with Gasteiger partial charge in [0.1, 0.15) is 11.9 Å². The zero-order valence-electron chi connectivity index (χ0n) is 12.6. The monoisotopic (exact) mass is 261 g/mol. The molecule has 1 aromatic carbocycles. The highest BCUT2D eigenvalue weighted by atomic mass is 16.5. The van der Waals surface area contributed by atoms with Crippen molar-refractivity contribution >= 4 is 0 Å². The Labute approximate surface area is 117 Å². The van der Waals surface area contributed by atoms with Gasteiger partial charge >= 0.3 is 0 Å². The maximum atomic E-state index is 6.38. The lowest BCUT2D eigenvalue weighted by molar-refractivity contribution is 0.0567. The molecule has 2 heteroatoms. The van der Waals surface area contributed by atoms with Crippen molar-refractivity contribution in [3.05, 3.63) is 29.8 Å². The summed E-state index contributed by atoms with van der Waals surface area (Å²) in [6.45, 7) is 8.90. The molecule has 0 heterocycles. The first-order valence-electron chi connectivity index (χ1n) is 7.42. The molecule has 0 bridgehead atoms. The number of hydrogen-bond acceptors (Lipinski definition) is 2. The first-order chi connectivity index (χ1) is 8.90. The van der Waals surface area contributed by atoms with E-state index in [4.69, 9.17) is 10.5 Å². The summed E-state index contributed by atoms with van der Waals surface area (Å²) in [6.07, 6.45) is 3.61. The van der Waals surface area contributed by atoms with Gasteiger partial charge in [-0.2, -0.15) is 0 Å². The average molecular weight is 261 g/mol. The normalized spacial score (nSPS) is 26.4. The first-order valence-corrected chi connectivity index (χ1v) is 7.42. The minimum absolute atomic E-state index is 0.115. The van der Waals surface area contributed by atoms with E-state index in [0.717, 1.165) is 12.2 Å². The van der Waals surface area contributed by atoms with Crippen LogP contribution in [0.25, 0.3) is 0 Å². The van der Waals surface area contributed by atoms with Gasteiger partial charge in [0.2, 0.25) is 0 Å². The Kier molecular flexibility index (Phi) is 4.19. The summed E-state index contributed by atoms with van der Waals surface area (Å²) >= 11 is 0. The molecule has 2 atom stereocenters. The first kappa shape index (κ1) is 14.4. The van der Waals surface area contributed by atoms with E-state index in [1.807, 2.05) is 6.07 Å². The van der Waals surface area contributed by atoms with Crippen LogP contribution in [0, 0.1) is 5.41 Å². The Morgan fingerprint density at radius 3 is 2.74 bits per heavy atom. The molecule has 0 radical (unpaired) electrons. The van der Waals surface area contributed by atoms with Crippen LogP contribution in [0.3, 0.4) is 0 Å². The molecule has 19 heavy (non-hydrogen) atoms. The fraction of sp³-hybridized carbons (Fsp3) is 0.647. The van der Waals surface area contributed by atoms with Gasteiger partial charge in [-0.1, -0.05) is 39.8 Å². The lowest BCUT2D eigenvalue weighted by Crippen LogP contribution is -2.51. The molecule has 0 saturated heterocycles. The van der Waals surface area contributed by atoms with Crippen LogP contribution in [0.2, 0.25) is 0 Å². The second-order valence-corrected chi connectivity index (χ2v) is 6.79. The summed E-state index contributed by atoms with van der Waals surface area (Å²) in [5, 5.41) is 0. The third kappa shape index (κ3) is 3.30. The second-order valence-electron chi connectivity index (χ2n) is 6.79. The molecule has 0 amide bonds. The van der Waals surface area contributed by atoms with E-state index >= 15 is 0 Å².